The van der Waals surface area contributed by atoms with Crippen LogP contribution in [0.2, 0.25) is 0 Å². The normalized spacial score (nSPS) is 14.1. The Hall–Kier alpha value is -0.380. The number of amidine groups is 1. The second kappa shape index (κ2) is 2.26. The first-order valence-electron chi connectivity index (χ1n) is 1.79. The summed E-state index contributed by atoms with van der Waals surface area (Å²) >= 11 is 0. The van der Waals surface area contributed by atoms with Crippen molar-refractivity contribution in [3.05, 3.63) is 0 Å². The van der Waals surface area contributed by atoms with Crippen molar-refractivity contribution >= 4 is 13.6 Å². The summed E-state index contributed by atoms with van der Waals surface area (Å²) in [5, 5.41) is 0. The summed E-state index contributed by atoms with van der Waals surface area (Å²) in [5.74, 6) is -0.113. The molecular weight excluding hydrogens is 131 g/mol. The molecule has 5 nitrogen and oxygen atoms in total. The first-order chi connectivity index (χ1) is 3.42. The van der Waals surface area contributed by atoms with Crippen LogP contribution in [0.1, 0.15) is 6.92 Å². The van der Waals surface area contributed by atoms with Gasteiger partial charge in [-0.05, 0) is 6.92 Å². The molecule has 0 saturated carbocycles. The van der Waals surface area contributed by atoms with Crippen molar-refractivity contribution < 1.29 is 14.4 Å². The molecule has 0 bridgehead atoms. The van der Waals surface area contributed by atoms with Crippen molar-refractivity contribution in [2.24, 2.45) is 10.5 Å². The standard InChI is InChI=1S/C2H7N2O3P/c1-2(3)4-8(5,6)7/h1H3,(H4,3,4,5,6,7). The van der Waals surface area contributed by atoms with Crippen LogP contribution in [0.25, 0.3) is 0 Å². The van der Waals surface area contributed by atoms with Gasteiger partial charge in [0.05, 0.1) is 0 Å². The van der Waals surface area contributed by atoms with Crippen LogP contribution >= 0.6 is 7.75 Å². The Morgan fingerprint density at radius 1 is 1.75 bits per heavy atom. The predicted molar refractivity (Wildman–Crippen MR) is 29.3 cm³/mol. The fourth-order valence-electron chi connectivity index (χ4n) is 0.205. The number of hydrogen-bond donors (Lipinski definition) is 3. The lowest BCUT2D eigenvalue weighted by molar-refractivity contribution is 0.375. The minimum absolute atomic E-state index is 0.113. The summed E-state index contributed by atoms with van der Waals surface area (Å²) in [6, 6.07) is 0. The molecule has 0 aliphatic heterocycles. The lowest BCUT2D eigenvalue weighted by atomic mass is 10.8. The SMILES string of the molecule is CC(N)=NP(=O)(O)O. The van der Waals surface area contributed by atoms with Gasteiger partial charge in [-0.3, -0.25) is 0 Å². The van der Waals surface area contributed by atoms with E-state index in [-0.39, 0.29) is 5.84 Å². The Morgan fingerprint density at radius 3 is 2.12 bits per heavy atom. The molecule has 6 heteroatoms. The number of nitrogens with two attached hydrogens (primary N) is 1. The summed E-state index contributed by atoms with van der Waals surface area (Å²) in [4.78, 5) is 16.1. The molecule has 0 heterocycles. The molecule has 0 rings (SSSR count). The molecule has 0 saturated heterocycles. The number of hydrogen-bond acceptors (Lipinski definition) is 1. The molecule has 0 radical (unpaired) electrons. The Balaban J connectivity index is 4.11. The summed E-state index contributed by atoms with van der Waals surface area (Å²) in [6.07, 6.45) is 0. The molecule has 0 fully saturated rings. The van der Waals surface area contributed by atoms with Crippen LogP contribution in [0.3, 0.4) is 0 Å². The van der Waals surface area contributed by atoms with Gasteiger partial charge >= 0.3 is 7.75 Å². The molecule has 0 aliphatic rings. The Kier molecular flexibility index (Phi) is 2.15. The van der Waals surface area contributed by atoms with Gasteiger partial charge in [0.25, 0.3) is 0 Å². The van der Waals surface area contributed by atoms with Gasteiger partial charge in [0.15, 0.2) is 0 Å². The molecule has 0 atom stereocenters. The van der Waals surface area contributed by atoms with E-state index in [1.165, 1.54) is 6.92 Å². The molecule has 0 unspecified atom stereocenters. The van der Waals surface area contributed by atoms with Crippen LogP contribution < -0.4 is 5.73 Å². The van der Waals surface area contributed by atoms with Gasteiger partial charge < -0.3 is 15.5 Å². The Bertz CT molecular complexity index is 143. The van der Waals surface area contributed by atoms with E-state index in [2.05, 4.69) is 4.76 Å². The third-order valence-corrected chi connectivity index (χ3v) is 0.864. The summed E-state index contributed by atoms with van der Waals surface area (Å²) in [7, 11) is -4.26. The zero-order chi connectivity index (χ0) is 6.78. The van der Waals surface area contributed by atoms with Crippen LogP contribution in [0.15, 0.2) is 4.76 Å². The summed E-state index contributed by atoms with van der Waals surface area (Å²) < 4.78 is 12.6. The van der Waals surface area contributed by atoms with Crippen molar-refractivity contribution in [2.45, 2.75) is 6.92 Å². The molecule has 4 N–H and O–H groups in total. The largest absolute Gasteiger partial charge is 0.450 e. The van der Waals surface area contributed by atoms with E-state index in [1.54, 1.807) is 0 Å². The molecule has 0 spiro atoms. The van der Waals surface area contributed by atoms with Crippen LogP contribution in [-0.4, -0.2) is 15.6 Å². The smallest absolute Gasteiger partial charge is 0.387 e. The Labute approximate surface area is 46.4 Å². The van der Waals surface area contributed by atoms with Gasteiger partial charge in [0.2, 0.25) is 0 Å². The zero-order valence-electron chi connectivity index (χ0n) is 4.27. The molecule has 0 aromatic rings. The predicted octanol–water partition coefficient (Wildman–Crippen LogP) is -0.544. The van der Waals surface area contributed by atoms with Crippen molar-refractivity contribution in [2.75, 3.05) is 0 Å². The molecular formula is C2H7N2O3P. The molecule has 48 valence electrons. The molecule has 0 aromatic carbocycles. The van der Waals surface area contributed by atoms with E-state index in [9.17, 15) is 4.57 Å². The van der Waals surface area contributed by atoms with Crippen molar-refractivity contribution in [3.8, 4) is 0 Å². The third-order valence-electron chi connectivity index (χ3n) is 0.288. The monoisotopic (exact) mass is 138 g/mol. The fraction of sp³-hybridized carbons (Fsp3) is 0.500. The number of rotatable bonds is 1. The van der Waals surface area contributed by atoms with Gasteiger partial charge in [-0.25, -0.2) is 4.57 Å². The van der Waals surface area contributed by atoms with Gasteiger partial charge in [-0.1, -0.05) is 0 Å². The minimum Gasteiger partial charge on any atom is -0.387 e. The van der Waals surface area contributed by atoms with Gasteiger partial charge in [-0.15, -0.1) is 0 Å². The summed E-state index contributed by atoms with van der Waals surface area (Å²) in [5.41, 5.74) is 4.84. The van der Waals surface area contributed by atoms with E-state index < -0.39 is 7.75 Å². The van der Waals surface area contributed by atoms with Crippen LogP contribution in [0.5, 0.6) is 0 Å². The molecule has 0 amide bonds. The van der Waals surface area contributed by atoms with Crippen LogP contribution in [0.4, 0.5) is 0 Å². The maximum atomic E-state index is 9.87. The van der Waals surface area contributed by atoms with E-state index in [0.717, 1.165) is 0 Å². The lowest BCUT2D eigenvalue weighted by Gasteiger charge is -1.93. The highest BCUT2D eigenvalue weighted by molar-refractivity contribution is 7.50. The highest BCUT2D eigenvalue weighted by Gasteiger charge is 2.07. The van der Waals surface area contributed by atoms with E-state index >= 15 is 0 Å². The number of nitrogens with zero attached hydrogens (tertiary/aromatic N) is 1. The second-order valence-corrected chi connectivity index (χ2v) is 2.48. The van der Waals surface area contributed by atoms with E-state index in [4.69, 9.17) is 15.5 Å². The topological polar surface area (TPSA) is 95.9 Å². The molecule has 8 heavy (non-hydrogen) atoms. The first-order valence-corrected chi connectivity index (χ1v) is 3.36. The van der Waals surface area contributed by atoms with Crippen molar-refractivity contribution in [1.29, 1.82) is 0 Å². The molecule has 0 aromatic heterocycles. The van der Waals surface area contributed by atoms with Crippen LogP contribution in [0, 0.1) is 0 Å². The van der Waals surface area contributed by atoms with Gasteiger partial charge in [0.1, 0.15) is 5.84 Å². The van der Waals surface area contributed by atoms with Gasteiger partial charge in [0, 0.05) is 0 Å². The van der Waals surface area contributed by atoms with Gasteiger partial charge in [-0.2, -0.15) is 4.76 Å². The average Bonchev–Trinajstić information content (AvgIpc) is 1.21. The maximum Gasteiger partial charge on any atom is 0.450 e. The quantitative estimate of drug-likeness (QED) is 0.257. The maximum absolute atomic E-state index is 9.87. The highest BCUT2D eigenvalue weighted by Crippen LogP contribution is 2.35. The van der Waals surface area contributed by atoms with Crippen molar-refractivity contribution in [3.63, 3.8) is 0 Å². The Morgan fingerprint density at radius 2 is 2.12 bits per heavy atom. The third kappa shape index (κ3) is 5.62. The fourth-order valence-corrected chi connectivity index (χ4v) is 0.616. The molecule has 0 aliphatic carbocycles. The summed E-state index contributed by atoms with van der Waals surface area (Å²) in [6.45, 7) is 1.30. The lowest BCUT2D eigenvalue weighted by Crippen LogP contribution is -2.04. The van der Waals surface area contributed by atoms with Crippen molar-refractivity contribution in [1.82, 2.24) is 0 Å². The minimum atomic E-state index is -4.26. The van der Waals surface area contributed by atoms with E-state index in [0.29, 0.717) is 0 Å². The first kappa shape index (κ1) is 7.62. The highest BCUT2D eigenvalue weighted by atomic mass is 31.2. The second-order valence-electron chi connectivity index (χ2n) is 1.25. The van der Waals surface area contributed by atoms with E-state index in [1.807, 2.05) is 0 Å². The zero-order valence-corrected chi connectivity index (χ0v) is 5.17. The van der Waals surface area contributed by atoms with Crippen LogP contribution in [-0.2, 0) is 4.57 Å². The average molecular weight is 138 g/mol.